The molecule has 0 radical (unpaired) electrons. The Hall–Kier alpha value is -2.33. The SMILES string of the molecule is NC1CCC(CNc2nc(NCc3ccc(Br)cc3F)ncc2[N+](=O)[O-])CC1. The standard InChI is InChI=1S/C18H22BrFN6O2/c19-13-4-3-12(15(20)7-13)9-23-18-24-10-16(26(27)28)17(25-18)22-8-11-1-5-14(21)6-2-11/h3-4,7,10-11,14H,1-2,5-6,8-9,21H2,(H2,22,23,24,25). The topological polar surface area (TPSA) is 119 Å². The molecule has 0 aliphatic heterocycles. The summed E-state index contributed by atoms with van der Waals surface area (Å²) in [5.41, 5.74) is 6.18. The first-order chi connectivity index (χ1) is 13.4. The molecule has 0 saturated heterocycles. The van der Waals surface area contributed by atoms with Crippen LogP contribution in [0.5, 0.6) is 0 Å². The third kappa shape index (κ3) is 5.35. The number of rotatable bonds is 7. The van der Waals surface area contributed by atoms with Gasteiger partial charge < -0.3 is 16.4 Å². The molecule has 0 amide bonds. The Bertz CT molecular complexity index is 845. The predicted molar refractivity (Wildman–Crippen MR) is 109 cm³/mol. The second-order valence-electron chi connectivity index (χ2n) is 6.94. The summed E-state index contributed by atoms with van der Waals surface area (Å²) < 4.78 is 14.6. The number of benzene rings is 1. The molecule has 0 unspecified atom stereocenters. The Labute approximate surface area is 170 Å². The summed E-state index contributed by atoms with van der Waals surface area (Å²) in [6.07, 6.45) is 5.06. The fourth-order valence-electron chi connectivity index (χ4n) is 3.20. The molecular weight excluding hydrogens is 431 g/mol. The molecular formula is C18H22BrFN6O2. The van der Waals surface area contributed by atoms with Crippen LogP contribution >= 0.6 is 15.9 Å². The van der Waals surface area contributed by atoms with Crippen LogP contribution in [0.1, 0.15) is 31.2 Å². The summed E-state index contributed by atoms with van der Waals surface area (Å²) in [6.45, 7) is 0.752. The van der Waals surface area contributed by atoms with Crippen molar-refractivity contribution in [3.05, 3.63) is 50.4 Å². The lowest BCUT2D eigenvalue weighted by molar-refractivity contribution is -0.384. The average Bonchev–Trinajstić information content (AvgIpc) is 2.67. The van der Waals surface area contributed by atoms with Crippen molar-refractivity contribution in [1.82, 2.24) is 9.97 Å². The maximum absolute atomic E-state index is 13.9. The van der Waals surface area contributed by atoms with Crippen LogP contribution in [-0.4, -0.2) is 27.5 Å². The molecule has 0 atom stereocenters. The quantitative estimate of drug-likeness (QED) is 0.431. The molecule has 3 rings (SSSR count). The first-order valence-corrected chi connectivity index (χ1v) is 9.90. The number of hydrogen-bond acceptors (Lipinski definition) is 7. The van der Waals surface area contributed by atoms with E-state index in [0.717, 1.165) is 31.9 Å². The Morgan fingerprint density at radius 3 is 2.71 bits per heavy atom. The van der Waals surface area contributed by atoms with Crippen LogP contribution in [0.25, 0.3) is 0 Å². The summed E-state index contributed by atoms with van der Waals surface area (Å²) in [6, 6.07) is 5.00. The molecule has 4 N–H and O–H groups in total. The van der Waals surface area contributed by atoms with E-state index < -0.39 is 4.92 Å². The zero-order chi connectivity index (χ0) is 20.1. The van der Waals surface area contributed by atoms with Gasteiger partial charge in [0.1, 0.15) is 12.0 Å². The van der Waals surface area contributed by atoms with E-state index >= 15 is 0 Å². The van der Waals surface area contributed by atoms with Gasteiger partial charge in [-0.2, -0.15) is 4.98 Å². The van der Waals surface area contributed by atoms with Gasteiger partial charge in [0, 0.05) is 29.2 Å². The molecule has 1 aliphatic rings. The van der Waals surface area contributed by atoms with Crippen molar-refractivity contribution in [2.75, 3.05) is 17.2 Å². The number of nitrogens with one attached hydrogen (secondary N) is 2. The molecule has 10 heteroatoms. The Kier molecular flexibility index (Phi) is 6.74. The van der Waals surface area contributed by atoms with Gasteiger partial charge in [0.15, 0.2) is 0 Å². The smallest absolute Gasteiger partial charge is 0.329 e. The van der Waals surface area contributed by atoms with E-state index in [0.29, 0.717) is 22.5 Å². The van der Waals surface area contributed by atoms with E-state index in [2.05, 4.69) is 36.5 Å². The van der Waals surface area contributed by atoms with Crippen LogP contribution in [0.2, 0.25) is 0 Å². The summed E-state index contributed by atoms with van der Waals surface area (Å²) in [4.78, 5) is 19.0. The fourth-order valence-corrected chi connectivity index (χ4v) is 3.53. The molecule has 150 valence electrons. The highest BCUT2D eigenvalue weighted by Gasteiger charge is 2.21. The van der Waals surface area contributed by atoms with Crippen LogP contribution in [0.3, 0.4) is 0 Å². The second kappa shape index (κ2) is 9.24. The number of anilines is 2. The van der Waals surface area contributed by atoms with Crippen LogP contribution in [0.4, 0.5) is 21.8 Å². The second-order valence-corrected chi connectivity index (χ2v) is 7.85. The van der Waals surface area contributed by atoms with Crippen molar-refractivity contribution in [2.45, 2.75) is 38.3 Å². The lowest BCUT2D eigenvalue weighted by atomic mass is 9.86. The summed E-state index contributed by atoms with van der Waals surface area (Å²) in [7, 11) is 0. The van der Waals surface area contributed by atoms with Gasteiger partial charge in [-0.05, 0) is 43.7 Å². The van der Waals surface area contributed by atoms with E-state index in [1.165, 1.54) is 6.07 Å². The summed E-state index contributed by atoms with van der Waals surface area (Å²) in [5.74, 6) is 0.398. The van der Waals surface area contributed by atoms with Gasteiger partial charge in [0.25, 0.3) is 0 Å². The van der Waals surface area contributed by atoms with Gasteiger partial charge in [-0.3, -0.25) is 10.1 Å². The molecule has 0 bridgehead atoms. The van der Waals surface area contributed by atoms with E-state index in [1.807, 2.05) is 0 Å². The van der Waals surface area contributed by atoms with Crippen molar-refractivity contribution >= 4 is 33.4 Å². The van der Waals surface area contributed by atoms with Crippen molar-refractivity contribution in [3.8, 4) is 0 Å². The first kappa shape index (κ1) is 20.4. The normalized spacial score (nSPS) is 19.2. The number of halogens is 2. The average molecular weight is 453 g/mol. The van der Waals surface area contributed by atoms with Crippen LogP contribution in [-0.2, 0) is 6.54 Å². The number of aromatic nitrogens is 2. The van der Waals surface area contributed by atoms with Crippen molar-refractivity contribution in [1.29, 1.82) is 0 Å². The minimum Gasteiger partial charge on any atom is -0.364 e. The van der Waals surface area contributed by atoms with Gasteiger partial charge in [-0.25, -0.2) is 9.37 Å². The van der Waals surface area contributed by atoms with Crippen LogP contribution in [0, 0.1) is 21.8 Å². The molecule has 28 heavy (non-hydrogen) atoms. The Balaban J connectivity index is 1.67. The zero-order valence-corrected chi connectivity index (χ0v) is 16.8. The van der Waals surface area contributed by atoms with Crippen molar-refractivity contribution in [3.63, 3.8) is 0 Å². The largest absolute Gasteiger partial charge is 0.364 e. The van der Waals surface area contributed by atoms with E-state index in [-0.39, 0.29) is 35.9 Å². The van der Waals surface area contributed by atoms with E-state index in [4.69, 9.17) is 5.73 Å². The predicted octanol–water partition coefficient (Wildman–Crippen LogP) is 3.83. The van der Waals surface area contributed by atoms with Gasteiger partial charge >= 0.3 is 5.69 Å². The number of nitrogens with two attached hydrogens (primary N) is 1. The summed E-state index contributed by atoms with van der Waals surface area (Å²) in [5, 5.41) is 17.3. The minimum atomic E-state index is -0.517. The van der Waals surface area contributed by atoms with Gasteiger partial charge in [-0.1, -0.05) is 22.0 Å². The summed E-state index contributed by atoms with van der Waals surface area (Å²) >= 11 is 3.21. The van der Waals surface area contributed by atoms with Crippen molar-refractivity contribution in [2.24, 2.45) is 11.7 Å². The molecule has 1 aromatic carbocycles. The number of nitrogens with zero attached hydrogens (tertiary/aromatic N) is 3. The fraction of sp³-hybridized carbons (Fsp3) is 0.444. The molecule has 2 aromatic rings. The highest BCUT2D eigenvalue weighted by Crippen LogP contribution is 2.26. The Morgan fingerprint density at radius 1 is 1.29 bits per heavy atom. The molecule has 1 aromatic heterocycles. The van der Waals surface area contributed by atoms with Crippen molar-refractivity contribution < 1.29 is 9.31 Å². The highest BCUT2D eigenvalue weighted by molar-refractivity contribution is 9.10. The van der Waals surface area contributed by atoms with Crippen LogP contribution < -0.4 is 16.4 Å². The lowest BCUT2D eigenvalue weighted by Crippen LogP contribution is -2.29. The van der Waals surface area contributed by atoms with E-state index in [9.17, 15) is 14.5 Å². The van der Waals surface area contributed by atoms with Gasteiger partial charge in [0.05, 0.1) is 4.92 Å². The lowest BCUT2D eigenvalue weighted by Gasteiger charge is -2.26. The van der Waals surface area contributed by atoms with Gasteiger partial charge in [0.2, 0.25) is 11.8 Å². The maximum Gasteiger partial charge on any atom is 0.329 e. The minimum absolute atomic E-state index is 0.161. The molecule has 1 aliphatic carbocycles. The molecule has 1 saturated carbocycles. The molecule has 8 nitrogen and oxygen atoms in total. The van der Waals surface area contributed by atoms with E-state index in [1.54, 1.807) is 12.1 Å². The Morgan fingerprint density at radius 2 is 2.04 bits per heavy atom. The monoisotopic (exact) mass is 452 g/mol. The molecule has 1 fully saturated rings. The third-order valence-corrected chi connectivity index (χ3v) is 5.36. The molecule has 0 spiro atoms. The molecule has 1 heterocycles. The first-order valence-electron chi connectivity index (χ1n) is 9.11. The number of hydrogen-bond donors (Lipinski definition) is 3. The highest BCUT2D eigenvalue weighted by atomic mass is 79.9. The zero-order valence-electron chi connectivity index (χ0n) is 15.2. The number of nitro groups is 1. The third-order valence-electron chi connectivity index (χ3n) is 4.87. The van der Waals surface area contributed by atoms with Crippen LogP contribution in [0.15, 0.2) is 28.9 Å². The van der Waals surface area contributed by atoms with Gasteiger partial charge in [-0.15, -0.1) is 0 Å². The maximum atomic E-state index is 13.9.